The molecule has 1 aliphatic rings. The van der Waals surface area contributed by atoms with Crippen LogP contribution < -0.4 is 5.32 Å². The molecular formula is C18H17NO2. The summed E-state index contributed by atoms with van der Waals surface area (Å²) in [5.74, 6) is -0.318. The second-order valence-corrected chi connectivity index (χ2v) is 5.31. The topological polar surface area (TPSA) is 38.3 Å². The first-order valence-electron chi connectivity index (χ1n) is 6.95. The third kappa shape index (κ3) is 2.97. The molecule has 21 heavy (non-hydrogen) atoms. The number of ether oxygens (including phenoxy) is 1. The molecule has 1 aliphatic heterocycles. The lowest BCUT2D eigenvalue weighted by molar-refractivity contribution is -0.139. The number of anilines is 1. The number of nitrogens with one attached hydrogen (secondary N) is 1. The normalized spacial score (nSPS) is 17.3. The van der Waals surface area contributed by atoms with Crippen molar-refractivity contribution in [1.29, 1.82) is 0 Å². The Morgan fingerprint density at radius 2 is 1.48 bits per heavy atom. The molecule has 0 aromatic heterocycles. The Morgan fingerprint density at radius 3 is 2.10 bits per heavy atom. The van der Waals surface area contributed by atoms with Gasteiger partial charge in [-0.05, 0) is 37.6 Å². The molecule has 0 saturated heterocycles. The van der Waals surface area contributed by atoms with Crippen molar-refractivity contribution in [2.45, 2.75) is 20.0 Å². The molecule has 0 aliphatic carbocycles. The van der Waals surface area contributed by atoms with Crippen molar-refractivity contribution in [1.82, 2.24) is 0 Å². The predicted octanol–water partition coefficient (Wildman–Crippen LogP) is 3.90. The number of carbonyl (C=O) groups excluding carboxylic acids is 1. The fraction of sp³-hybridized carbons (Fsp3) is 0.167. The SMILES string of the molecule is Cc1ccc(NC2=CC(c3ccc(C)cc3)OC2=O)cc1. The van der Waals surface area contributed by atoms with Gasteiger partial charge in [-0.2, -0.15) is 0 Å². The summed E-state index contributed by atoms with van der Waals surface area (Å²) in [5, 5.41) is 3.12. The minimum Gasteiger partial charge on any atom is -0.448 e. The van der Waals surface area contributed by atoms with E-state index in [0.717, 1.165) is 11.3 Å². The van der Waals surface area contributed by atoms with E-state index in [4.69, 9.17) is 4.74 Å². The maximum Gasteiger partial charge on any atom is 0.355 e. The quantitative estimate of drug-likeness (QED) is 0.866. The number of cyclic esters (lactones) is 1. The summed E-state index contributed by atoms with van der Waals surface area (Å²) < 4.78 is 5.40. The van der Waals surface area contributed by atoms with Gasteiger partial charge in [-0.1, -0.05) is 47.5 Å². The molecule has 1 heterocycles. The Kier molecular flexibility index (Phi) is 3.48. The van der Waals surface area contributed by atoms with Crippen LogP contribution in [-0.4, -0.2) is 5.97 Å². The van der Waals surface area contributed by atoms with Crippen molar-refractivity contribution in [3.63, 3.8) is 0 Å². The van der Waals surface area contributed by atoms with Gasteiger partial charge < -0.3 is 10.1 Å². The number of hydrogen-bond acceptors (Lipinski definition) is 3. The number of hydrogen-bond donors (Lipinski definition) is 1. The molecule has 3 heteroatoms. The summed E-state index contributed by atoms with van der Waals surface area (Å²) in [5.41, 5.74) is 4.72. The van der Waals surface area contributed by atoms with E-state index in [0.29, 0.717) is 5.70 Å². The van der Waals surface area contributed by atoms with Crippen LogP contribution in [0.15, 0.2) is 60.3 Å². The molecule has 0 fully saturated rings. The van der Waals surface area contributed by atoms with Crippen LogP contribution in [0.5, 0.6) is 0 Å². The largest absolute Gasteiger partial charge is 0.448 e. The van der Waals surface area contributed by atoms with Crippen LogP contribution in [-0.2, 0) is 9.53 Å². The molecule has 1 N–H and O–H groups in total. The number of benzene rings is 2. The molecule has 1 atom stereocenters. The second kappa shape index (κ2) is 5.44. The first kappa shape index (κ1) is 13.4. The van der Waals surface area contributed by atoms with Gasteiger partial charge in [-0.3, -0.25) is 0 Å². The number of aryl methyl sites for hydroxylation is 2. The van der Waals surface area contributed by atoms with Gasteiger partial charge in [0, 0.05) is 5.69 Å². The maximum atomic E-state index is 11.9. The Bertz CT molecular complexity index is 684. The second-order valence-electron chi connectivity index (χ2n) is 5.31. The van der Waals surface area contributed by atoms with Crippen LogP contribution >= 0.6 is 0 Å². The van der Waals surface area contributed by atoms with Crippen LogP contribution in [0.4, 0.5) is 5.69 Å². The Balaban J connectivity index is 1.79. The van der Waals surface area contributed by atoms with Crippen molar-refractivity contribution in [2.75, 3.05) is 5.32 Å². The molecule has 0 bridgehead atoms. The monoisotopic (exact) mass is 279 g/mol. The van der Waals surface area contributed by atoms with E-state index in [-0.39, 0.29) is 12.1 Å². The first-order chi connectivity index (χ1) is 10.1. The predicted molar refractivity (Wildman–Crippen MR) is 82.9 cm³/mol. The summed E-state index contributed by atoms with van der Waals surface area (Å²) in [4.78, 5) is 11.9. The highest BCUT2D eigenvalue weighted by Gasteiger charge is 2.26. The third-order valence-corrected chi connectivity index (χ3v) is 3.51. The fourth-order valence-electron chi connectivity index (χ4n) is 2.24. The van der Waals surface area contributed by atoms with Crippen LogP contribution in [0.2, 0.25) is 0 Å². The summed E-state index contributed by atoms with van der Waals surface area (Å²) in [7, 11) is 0. The molecule has 0 spiro atoms. The van der Waals surface area contributed by atoms with Crippen LogP contribution in [0.1, 0.15) is 22.8 Å². The molecule has 2 aromatic carbocycles. The summed E-state index contributed by atoms with van der Waals surface area (Å²) in [6.45, 7) is 4.06. The average Bonchev–Trinajstić information content (AvgIpc) is 2.83. The lowest BCUT2D eigenvalue weighted by Gasteiger charge is -2.08. The van der Waals surface area contributed by atoms with E-state index in [1.165, 1.54) is 11.1 Å². The van der Waals surface area contributed by atoms with Gasteiger partial charge in [-0.15, -0.1) is 0 Å². The Hall–Kier alpha value is -2.55. The third-order valence-electron chi connectivity index (χ3n) is 3.51. The Morgan fingerprint density at radius 1 is 0.905 bits per heavy atom. The van der Waals surface area contributed by atoms with E-state index in [1.807, 2.05) is 68.5 Å². The molecule has 2 aromatic rings. The first-order valence-corrected chi connectivity index (χ1v) is 6.95. The van der Waals surface area contributed by atoms with Crippen LogP contribution in [0, 0.1) is 13.8 Å². The lowest BCUT2D eigenvalue weighted by Crippen LogP contribution is -2.08. The molecule has 1 unspecified atom stereocenters. The van der Waals surface area contributed by atoms with Gasteiger partial charge >= 0.3 is 5.97 Å². The van der Waals surface area contributed by atoms with Crippen molar-refractivity contribution in [3.8, 4) is 0 Å². The van der Waals surface area contributed by atoms with Crippen molar-refractivity contribution < 1.29 is 9.53 Å². The maximum absolute atomic E-state index is 11.9. The van der Waals surface area contributed by atoms with Gasteiger partial charge in [0.15, 0.2) is 0 Å². The number of esters is 1. The number of rotatable bonds is 3. The standard InChI is InChI=1S/C18H17NO2/c1-12-3-7-14(8-4-12)17-11-16(18(20)21-17)19-15-9-5-13(2)6-10-15/h3-11,17,19H,1-2H3. The van der Waals surface area contributed by atoms with Crippen LogP contribution in [0.3, 0.4) is 0 Å². The molecule has 3 nitrogen and oxygen atoms in total. The minimum atomic E-state index is -0.318. The molecule has 106 valence electrons. The van der Waals surface area contributed by atoms with Crippen molar-refractivity contribution in [3.05, 3.63) is 77.0 Å². The van der Waals surface area contributed by atoms with Gasteiger partial charge in [-0.25, -0.2) is 4.79 Å². The fourth-order valence-corrected chi connectivity index (χ4v) is 2.24. The number of carbonyl (C=O) groups is 1. The van der Waals surface area contributed by atoms with Gasteiger partial charge in [0.1, 0.15) is 11.8 Å². The lowest BCUT2D eigenvalue weighted by atomic mass is 10.1. The molecule has 0 saturated carbocycles. The highest BCUT2D eigenvalue weighted by molar-refractivity contribution is 5.94. The van der Waals surface area contributed by atoms with Gasteiger partial charge in [0.05, 0.1) is 0 Å². The van der Waals surface area contributed by atoms with Crippen molar-refractivity contribution in [2.24, 2.45) is 0 Å². The molecule has 0 amide bonds. The zero-order chi connectivity index (χ0) is 14.8. The van der Waals surface area contributed by atoms with E-state index in [1.54, 1.807) is 0 Å². The van der Waals surface area contributed by atoms with Gasteiger partial charge in [0.2, 0.25) is 0 Å². The molecular weight excluding hydrogens is 262 g/mol. The summed E-state index contributed by atoms with van der Waals surface area (Å²) in [6.07, 6.45) is 1.51. The van der Waals surface area contributed by atoms with Gasteiger partial charge in [0.25, 0.3) is 0 Å². The minimum absolute atomic E-state index is 0.314. The van der Waals surface area contributed by atoms with E-state index >= 15 is 0 Å². The Labute approximate surface area is 124 Å². The van der Waals surface area contributed by atoms with Crippen LogP contribution in [0.25, 0.3) is 0 Å². The summed E-state index contributed by atoms with van der Waals surface area (Å²) in [6, 6.07) is 15.9. The molecule has 3 rings (SSSR count). The smallest absolute Gasteiger partial charge is 0.355 e. The van der Waals surface area contributed by atoms with E-state index in [2.05, 4.69) is 5.32 Å². The zero-order valence-electron chi connectivity index (χ0n) is 12.1. The highest BCUT2D eigenvalue weighted by Crippen LogP contribution is 2.28. The van der Waals surface area contributed by atoms with E-state index in [9.17, 15) is 4.79 Å². The summed E-state index contributed by atoms with van der Waals surface area (Å²) >= 11 is 0. The van der Waals surface area contributed by atoms with Crippen molar-refractivity contribution >= 4 is 11.7 Å². The average molecular weight is 279 g/mol. The zero-order valence-corrected chi connectivity index (χ0v) is 12.1. The highest BCUT2D eigenvalue weighted by atomic mass is 16.5. The molecule has 0 radical (unpaired) electrons. The van der Waals surface area contributed by atoms with E-state index < -0.39 is 0 Å².